The summed E-state index contributed by atoms with van der Waals surface area (Å²) in [5, 5.41) is 7.86. The van der Waals surface area contributed by atoms with Crippen LogP contribution in [0.1, 0.15) is 106 Å². The third-order valence-corrected chi connectivity index (χ3v) is 13.3. The predicted octanol–water partition coefficient (Wildman–Crippen LogP) is 6.63. The standard InChI is InChI=1S/C45H43F2N7O5/c1-24-15-35-36(50(2)43(24)57)6-3-7-37(35)52-14-4-5-25-16-31(32(41(46)47)19-39(25)52)28-20-48-53(23-28)30-10-8-29(9-11-30)51-21-26-17-33-34(18-27(26)22-51)45(59)54(44(33)58)38-12-13-40(55)49-42(38)56/h3,6-7,15-20,23,29-30,38,41H,4-5,8-14,21-22H2,1-2H3,(H,49,55,56). The minimum absolute atomic E-state index is 0.0330. The molecular weight excluding hydrogens is 757 g/mol. The molecule has 1 N–H and O–H groups in total. The van der Waals surface area contributed by atoms with Crippen molar-refractivity contribution >= 4 is 45.9 Å². The Kier molecular flexibility index (Phi) is 8.89. The number of hydrogen-bond donors (Lipinski definition) is 1. The van der Waals surface area contributed by atoms with Gasteiger partial charge in [0, 0.05) is 73.1 Å². The van der Waals surface area contributed by atoms with E-state index in [1.54, 1.807) is 42.9 Å². The summed E-state index contributed by atoms with van der Waals surface area (Å²) in [5.74, 6) is -2.02. The molecule has 12 nitrogen and oxygen atoms in total. The highest BCUT2D eigenvalue weighted by Crippen LogP contribution is 2.44. The molecule has 0 radical (unpaired) electrons. The van der Waals surface area contributed by atoms with Crippen LogP contribution in [0.3, 0.4) is 0 Å². The lowest BCUT2D eigenvalue weighted by molar-refractivity contribution is -0.136. The van der Waals surface area contributed by atoms with Crippen molar-refractivity contribution in [2.75, 3.05) is 11.4 Å². The van der Waals surface area contributed by atoms with Crippen LogP contribution in [0.5, 0.6) is 0 Å². The maximum Gasteiger partial charge on any atom is 0.264 e. The zero-order valence-electron chi connectivity index (χ0n) is 32.8. The topological polar surface area (TPSA) is 130 Å². The van der Waals surface area contributed by atoms with Gasteiger partial charge in [-0.05, 0) is 117 Å². The molecule has 10 rings (SSSR count). The van der Waals surface area contributed by atoms with E-state index in [-0.39, 0.29) is 30.0 Å². The van der Waals surface area contributed by atoms with Crippen LogP contribution in [0.15, 0.2) is 65.7 Å². The van der Waals surface area contributed by atoms with Crippen LogP contribution in [0.2, 0.25) is 0 Å². The first-order valence-electron chi connectivity index (χ1n) is 20.4. The fourth-order valence-electron chi connectivity index (χ4n) is 10.2. The Morgan fingerprint density at radius 1 is 0.797 bits per heavy atom. The van der Waals surface area contributed by atoms with E-state index in [1.807, 2.05) is 41.2 Å². The summed E-state index contributed by atoms with van der Waals surface area (Å²) < 4.78 is 33.5. The highest BCUT2D eigenvalue weighted by Gasteiger charge is 2.45. The number of alkyl halides is 2. The Bertz CT molecular complexity index is 2650. The molecule has 5 aromatic rings. The summed E-state index contributed by atoms with van der Waals surface area (Å²) in [6.07, 6.45) is 6.28. The van der Waals surface area contributed by atoms with Gasteiger partial charge in [-0.2, -0.15) is 5.10 Å². The van der Waals surface area contributed by atoms with Crippen LogP contribution in [0, 0.1) is 6.92 Å². The molecule has 1 atom stereocenters. The summed E-state index contributed by atoms with van der Waals surface area (Å²) in [5.41, 5.74) is 7.75. The lowest BCUT2D eigenvalue weighted by atomic mass is 9.90. The van der Waals surface area contributed by atoms with Gasteiger partial charge in [0.2, 0.25) is 11.8 Å². The molecule has 14 heteroatoms. The van der Waals surface area contributed by atoms with Crippen LogP contribution in [0.25, 0.3) is 22.0 Å². The summed E-state index contributed by atoms with van der Waals surface area (Å²) in [7, 11) is 1.76. The molecule has 1 saturated heterocycles. The second-order valence-corrected chi connectivity index (χ2v) is 16.7. The number of imide groups is 2. The number of fused-ring (bicyclic) bond motifs is 4. The summed E-state index contributed by atoms with van der Waals surface area (Å²) in [6, 6.07) is 14.3. The fraction of sp³-hybridized carbons (Fsp3) is 0.378. The second-order valence-electron chi connectivity index (χ2n) is 16.7. The highest BCUT2D eigenvalue weighted by atomic mass is 19.3. The van der Waals surface area contributed by atoms with E-state index < -0.39 is 36.1 Å². The van der Waals surface area contributed by atoms with Gasteiger partial charge in [-0.25, -0.2) is 8.78 Å². The number of halogens is 2. The molecule has 5 aliphatic rings. The summed E-state index contributed by atoms with van der Waals surface area (Å²) >= 11 is 0. The zero-order chi connectivity index (χ0) is 40.9. The molecule has 0 spiro atoms. The average molecular weight is 800 g/mol. The van der Waals surface area contributed by atoms with Crippen LogP contribution in [-0.2, 0) is 36.1 Å². The van der Waals surface area contributed by atoms with E-state index >= 15 is 0 Å². The van der Waals surface area contributed by atoms with E-state index in [9.17, 15) is 32.8 Å². The van der Waals surface area contributed by atoms with Crippen LogP contribution < -0.4 is 15.8 Å². The lowest BCUT2D eigenvalue weighted by Gasteiger charge is -2.34. The molecule has 3 aromatic carbocycles. The first-order valence-corrected chi connectivity index (χ1v) is 20.4. The van der Waals surface area contributed by atoms with E-state index in [0.29, 0.717) is 53.5 Å². The lowest BCUT2D eigenvalue weighted by Crippen LogP contribution is -2.54. The van der Waals surface area contributed by atoms with Crippen molar-refractivity contribution in [2.24, 2.45) is 7.05 Å². The number of nitrogens with one attached hydrogen (secondary N) is 1. The molecular formula is C45H43F2N7O5. The first kappa shape index (κ1) is 37.3. The van der Waals surface area contributed by atoms with Gasteiger partial charge in [-0.1, -0.05) is 6.07 Å². The number of aryl methyl sites for hydroxylation is 3. The van der Waals surface area contributed by atoms with Crippen molar-refractivity contribution in [2.45, 2.75) is 95.9 Å². The predicted molar refractivity (Wildman–Crippen MR) is 216 cm³/mol. The molecule has 1 unspecified atom stereocenters. The van der Waals surface area contributed by atoms with Gasteiger partial charge >= 0.3 is 0 Å². The quantitative estimate of drug-likeness (QED) is 0.190. The van der Waals surface area contributed by atoms with Gasteiger partial charge in [-0.15, -0.1) is 0 Å². The largest absolute Gasteiger partial charge is 0.341 e. The summed E-state index contributed by atoms with van der Waals surface area (Å²) in [6.45, 7) is 3.77. The Labute approximate surface area is 338 Å². The van der Waals surface area contributed by atoms with E-state index in [1.165, 1.54) is 0 Å². The van der Waals surface area contributed by atoms with Crippen molar-refractivity contribution in [3.8, 4) is 11.1 Å². The number of piperidine rings is 1. The van der Waals surface area contributed by atoms with Crippen molar-refractivity contribution in [1.29, 1.82) is 0 Å². The minimum Gasteiger partial charge on any atom is -0.341 e. The SMILES string of the molecule is Cc1cc2c(N3CCCc4cc(-c5cnn(C6CCC(N7Cc8cc9c(cc8C7)C(=O)N(C7CCC(=O)NC7=O)C9=O)CC6)c5)c(C(F)F)cc43)cccc2n(C)c1=O. The zero-order valence-corrected chi connectivity index (χ0v) is 32.8. The average Bonchev–Trinajstić information content (AvgIpc) is 3.95. The number of rotatable bonds is 6. The number of pyridine rings is 1. The molecule has 4 amide bonds. The van der Waals surface area contributed by atoms with Gasteiger partial charge in [0.25, 0.3) is 23.8 Å². The van der Waals surface area contributed by atoms with Crippen molar-refractivity contribution < 1.29 is 28.0 Å². The number of amides is 4. The smallest absolute Gasteiger partial charge is 0.264 e. The maximum atomic E-state index is 14.9. The van der Waals surface area contributed by atoms with Gasteiger partial charge in [0.15, 0.2) is 0 Å². The molecule has 2 aromatic heterocycles. The number of hydrogen-bond acceptors (Lipinski definition) is 8. The highest BCUT2D eigenvalue weighted by molar-refractivity contribution is 6.23. The van der Waals surface area contributed by atoms with Crippen LogP contribution in [0.4, 0.5) is 20.2 Å². The fourth-order valence-corrected chi connectivity index (χ4v) is 10.2. The van der Waals surface area contributed by atoms with E-state index in [4.69, 9.17) is 5.10 Å². The van der Waals surface area contributed by atoms with E-state index in [2.05, 4.69) is 15.1 Å². The Balaban J connectivity index is 0.837. The molecule has 6 heterocycles. The third kappa shape index (κ3) is 6.09. The molecule has 1 aliphatic carbocycles. The molecule has 1 saturated carbocycles. The number of carbonyl (C=O) groups excluding carboxylic acids is 4. The van der Waals surface area contributed by atoms with Gasteiger partial charge in [0.05, 0.1) is 34.6 Å². The number of nitrogens with zero attached hydrogens (tertiary/aromatic N) is 6. The normalized spacial score (nSPS) is 22.0. The monoisotopic (exact) mass is 799 g/mol. The van der Waals surface area contributed by atoms with Gasteiger partial charge in [-0.3, -0.25) is 43.8 Å². The summed E-state index contributed by atoms with van der Waals surface area (Å²) in [4.78, 5) is 69.2. The molecule has 59 heavy (non-hydrogen) atoms. The Hall–Kier alpha value is -6.02. The molecule has 0 bridgehead atoms. The third-order valence-electron chi connectivity index (χ3n) is 13.3. The molecule has 302 valence electrons. The van der Waals surface area contributed by atoms with Crippen molar-refractivity contribution in [3.05, 3.63) is 110 Å². The molecule has 4 aliphatic heterocycles. The van der Waals surface area contributed by atoms with Gasteiger partial charge in [0.1, 0.15) is 6.04 Å². The van der Waals surface area contributed by atoms with Crippen LogP contribution >= 0.6 is 0 Å². The minimum atomic E-state index is -2.69. The van der Waals surface area contributed by atoms with Crippen molar-refractivity contribution in [3.63, 3.8) is 0 Å². The van der Waals surface area contributed by atoms with Crippen LogP contribution in [-0.4, -0.2) is 66.4 Å². The maximum absolute atomic E-state index is 14.9. The number of anilines is 2. The van der Waals surface area contributed by atoms with Gasteiger partial charge < -0.3 is 9.47 Å². The molecule has 2 fully saturated rings. The van der Waals surface area contributed by atoms with Crippen molar-refractivity contribution in [1.82, 2.24) is 29.5 Å². The number of aromatic nitrogens is 3. The first-order chi connectivity index (χ1) is 28.4. The Morgan fingerprint density at radius 2 is 1.49 bits per heavy atom. The van der Waals surface area contributed by atoms with E-state index in [0.717, 1.165) is 82.4 Å². The number of carbonyl (C=O) groups is 4. The number of benzene rings is 3. The second kappa shape index (κ2) is 14.1. The Morgan fingerprint density at radius 3 is 2.19 bits per heavy atom.